The second kappa shape index (κ2) is 18.9. The van der Waals surface area contributed by atoms with Gasteiger partial charge in [-0.2, -0.15) is 11.8 Å². The number of hydrogen-bond donors (Lipinski definition) is 4. The van der Waals surface area contributed by atoms with Crippen molar-refractivity contribution in [3.05, 3.63) is 29.8 Å². The van der Waals surface area contributed by atoms with E-state index in [0.29, 0.717) is 30.8 Å². The normalized spacial score (nSPS) is 13.1. The minimum atomic E-state index is -1.13. The summed E-state index contributed by atoms with van der Waals surface area (Å²) in [7, 11) is 0. The van der Waals surface area contributed by atoms with E-state index in [1.165, 1.54) is 6.07 Å². The molecule has 3 atom stereocenters. The molecular weight excluding hydrogens is 538 g/mol. The molecule has 1 aromatic carbocycles. The van der Waals surface area contributed by atoms with Crippen LogP contribution in [-0.2, 0) is 19.1 Å². The van der Waals surface area contributed by atoms with Crippen molar-refractivity contribution in [2.45, 2.75) is 53.0 Å². The first kappa shape index (κ1) is 34.7. The fourth-order valence-electron chi connectivity index (χ4n) is 3.56. The summed E-state index contributed by atoms with van der Waals surface area (Å²) in [6, 6.07) is 5.36. The molecule has 0 aromatic heterocycles. The molecular formula is C28H43N3O8S. The summed E-state index contributed by atoms with van der Waals surface area (Å²) in [6.45, 7) is 7.72. The van der Waals surface area contributed by atoms with Crippen molar-refractivity contribution in [1.29, 1.82) is 0 Å². The second-order valence-electron chi connectivity index (χ2n) is 9.90. The van der Waals surface area contributed by atoms with E-state index in [0.717, 1.165) is 0 Å². The van der Waals surface area contributed by atoms with Crippen LogP contribution < -0.4 is 20.7 Å². The maximum atomic E-state index is 13.3. The molecule has 1 aromatic rings. The lowest BCUT2D eigenvalue weighted by atomic mass is 9.93. The van der Waals surface area contributed by atoms with Crippen molar-refractivity contribution >= 4 is 41.4 Å². The van der Waals surface area contributed by atoms with Crippen molar-refractivity contribution < 1.29 is 38.6 Å². The molecule has 0 unspecified atom stereocenters. The van der Waals surface area contributed by atoms with E-state index in [1.807, 2.05) is 34.0 Å². The van der Waals surface area contributed by atoms with Gasteiger partial charge in [-0.3, -0.25) is 14.4 Å². The highest BCUT2D eigenvalue weighted by Crippen LogP contribution is 2.20. The van der Waals surface area contributed by atoms with Crippen molar-refractivity contribution in [2.75, 3.05) is 38.3 Å². The number of rotatable bonds is 19. The zero-order valence-corrected chi connectivity index (χ0v) is 24.8. The van der Waals surface area contributed by atoms with Crippen LogP contribution in [0.4, 0.5) is 4.79 Å². The minimum absolute atomic E-state index is 0.0774. The summed E-state index contributed by atoms with van der Waals surface area (Å²) in [4.78, 5) is 61.8. The van der Waals surface area contributed by atoms with Gasteiger partial charge in [0, 0.05) is 31.0 Å². The summed E-state index contributed by atoms with van der Waals surface area (Å²) in [5.74, 6) is -1.93. The molecule has 0 heterocycles. The number of hydrogen-bond acceptors (Lipinski definition) is 8. The predicted molar refractivity (Wildman–Crippen MR) is 154 cm³/mol. The van der Waals surface area contributed by atoms with E-state index in [2.05, 4.69) is 16.0 Å². The molecule has 0 aliphatic heterocycles. The van der Waals surface area contributed by atoms with Gasteiger partial charge >= 0.3 is 12.1 Å². The standard InChI is InChI=1S/C28H43N3O8S/c1-6-19(4)25(27(36)29-11-12-30-28(37)39-16-18(2)3)31-26(35)21(10-13-40-5)15-23(32)20-8-7-9-22(14-20)38-17-24(33)34/h7-9,14,18-19,21,25H,6,10-13,15-17H2,1-5H3,(H,29,36)(H,30,37)(H,31,35)(H,33,34)/t19-,21+,25-/m0/s1. The highest BCUT2D eigenvalue weighted by molar-refractivity contribution is 7.98. The fraction of sp³-hybridized carbons (Fsp3) is 0.607. The number of benzene rings is 1. The molecule has 1 rings (SSSR count). The first-order valence-electron chi connectivity index (χ1n) is 13.4. The number of ether oxygens (including phenoxy) is 2. The van der Waals surface area contributed by atoms with Gasteiger partial charge in [0.05, 0.1) is 6.61 Å². The van der Waals surface area contributed by atoms with Gasteiger partial charge in [-0.25, -0.2) is 9.59 Å². The summed E-state index contributed by atoms with van der Waals surface area (Å²) >= 11 is 1.55. The van der Waals surface area contributed by atoms with E-state index in [-0.39, 0.29) is 48.8 Å². The predicted octanol–water partition coefficient (Wildman–Crippen LogP) is 3.12. The molecule has 12 heteroatoms. The monoisotopic (exact) mass is 581 g/mol. The maximum absolute atomic E-state index is 13.3. The minimum Gasteiger partial charge on any atom is -0.482 e. The number of thioether (sulfide) groups is 1. The Kier molecular flexibility index (Phi) is 16.4. The topological polar surface area (TPSA) is 160 Å². The Bertz CT molecular complexity index is 988. The van der Waals surface area contributed by atoms with Gasteiger partial charge < -0.3 is 30.5 Å². The second-order valence-corrected chi connectivity index (χ2v) is 10.9. The number of Topliss-reactive ketones (excluding diaryl/α,β-unsaturated/α-hetero) is 1. The molecule has 0 bridgehead atoms. The van der Waals surface area contributed by atoms with Crippen molar-refractivity contribution in [3.8, 4) is 5.75 Å². The highest BCUT2D eigenvalue weighted by Gasteiger charge is 2.30. The molecule has 4 N–H and O–H groups in total. The van der Waals surface area contributed by atoms with Gasteiger partial charge in [0.2, 0.25) is 11.8 Å². The molecule has 0 spiro atoms. The summed E-state index contributed by atoms with van der Waals surface area (Å²) in [5, 5.41) is 17.0. The SMILES string of the molecule is CC[C@H](C)[C@H](NC(=O)[C@H](CCSC)CC(=O)c1cccc(OCC(=O)O)c1)C(=O)NCCNC(=O)OCC(C)C. The molecule has 224 valence electrons. The van der Waals surface area contributed by atoms with Crippen LogP contribution in [0.2, 0.25) is 0 Å². The first-order chi connectivity index (χ1) is 19.0. The Labute approximate surface area is 240 Å². The molecule has 0 saturated heterocycles. The number of alkyl carbamates (subject to hydrolysis) is 1. The van der Waals surface area contributed by atoms with E-state index in [1.54, 1.807) is 30.0 Å². The summed E-state index contributed by atoms with van der Waals surface area (Å²) in [5.41, 5.74) is 0.306. The molecule has 0 radical (unpaired) electrons. The van der Waals surface area contributed by atoms with E-state index >= 15 is 0 Å². The smallest absolute Gasteiger partial charge is 0.407 e. The zero-order chi connectivity index (χ0) is 30.1. The molecule has 40 heavy (non-hydrogen) atoms. The Morgan fingerprint density at radius 3 is 2.35 bits per heavy atom. The third-order valence-electron chi connectivity index (χ3n) is 6.03. The lowest BCUT2D eigenvalue weighted by molar-refractivity contribution is -0.139. The number of ketones is 1. The van der Waals surface area contributed by atoms with Crippen LogP contribution >= 0.6 is 11.8 Å². The third-order valence-corrected chi connectivity index (χ3v) is 6.67. The highest BCUT2D eigenvalue weighted by atomic mass is 32.2. The molecule has 11 nitrogen and oxygen atoms in total. The molecule has 0 aliphatic carbocycles. The van der Waals surface area contributed by atoms with Crippen LogP contribution in [-0.4, -0.2) is 79.1 Å². The van der Waals surface area contributed by atoms with Crippen molar-refractivity contribution in [3.63, 3.8) is 0 Å². The largest absolute Gasteiger partial charge is 0.482 e. The van der Waals surface area contributed by atoms with E-state index < -0.39 is 36.5 Å². The number of carbonyl (C=O) groups is 5. The Hall–Kier alpha value is -3.28. The van der Waals surface area contributed by atoms with Crippen LogP contribution in [0.25, 0.3) is 0 Å². The zero-order valence-electron chi connectivity index (χ0n) is 24.0. The molecule has 0 aliphatic rings. The number of amides is 3. The molecule has 0 fully saturated rings. The first-order valence-corrected chi connectivity index (χ1v) is 14.8. The summed E-state index contributed by atoms with van der Waals surface area (Å²) < 4.78 is 10.2. The van der Waals surface area contributed by atoms with Crippen molar-refractivity contribution in [1.82, 2.24) is 16.0 Å². The summed E-state index contributed by atoms with van der Waals surface area (Å²) in [6.07, 6.45) is 2.34. The molecule has 3 amide bonds. The number of aliphatic carboxylic acids is 1. The molecule has 0 saturated carbocycles. The van der Waals surface area contributed by atoms with E-state index in [9.17, 15) is 24.0 Å². The van der Waals surface area contributed by atoms with Gasteiger partial charge in [-0.05, 0) is 42.4 Å². The number of carboxylic acid groups (broad SMARTS) is 1. The van der Waals surface area contributed by atoms with Crippen LogP contribution in [0.3, 0.4) is 0 Å². The Morgan fingerprint density at radius 1 is 1.02 bits per heavy atom. The van der Waals surface area contributed by atoms with Crippen LogP contribution in [0, 0.1) is 17.8 Å². The maximum Gasteiger partial charge on any atom is 0.407 e. The van der Waals surface area contributed by atoms with Gasteiger partial charge in [0.1, 0.15) is 11.8 Å². The van der Waals surface area contributed by atoms with Crippen molar-refractivity contribution in [2.24, 2.45) is 17.8 Å². The van der Waals surface area contributed by atoms with Crippen LogP contribution in [0.1, 0.15) is 57.3 Å². The Morgan fingerprint density at radius 2 is 1.73 bits per heavy atom. The average molecular weight is 582 g/mol. The van der Waals surface area contributed by atoms with Gasteiger partial charge in [0.25, 0.3) is 0 Å². The number of nitrogens with one attached hydrogen (secondary N) is 3. The quantitative estimate of drug-likeness (QED) is 0.142. The Balaban J connectivity index is 2.83. The fourth-order valence-corrected chi connectivity index (χ4v) is 4.08. The average Bonchev–Trinajstić information content (AvgIpc) is 2.93. The van der Waals surface area contributed by atoms with E-state index in [4.69, 9.17) is 14.6 Å². The van der Waals surface area contributed by atoms with Gasteiger partial charge in [-0.1, -0.05) is 46.2 Å². The number of carboxylic acids is 1. The van der Waals surface area contributed by atoms with Crippen LogP contribution in [0.5, 0.6) is 5.75 Å². The lowest BCUT2D eigenvalue weighted by Crippen LogP contribution is -2.52. The van der Waals surface area contributed by atoms with Gasteiger partial charge in [0.15, 0.2) is 12.4 Å². The van der Waals surface area contributed by atoms with Crippen LogP contribution in [0.15, 0.2) is 24.3 Å². The number of carbonyl (C=O) groups excluding carboxylic acids is 4. The van der Waals surface area contributed by atoms with Gasteiger partial charge in [-0.15, -0.1) is 0 Å². The third kappa shape index (κ3) is 13.7. The lowest BCUT2D eigenvalue weighted by Gasteiger charge is -2.26.